The maximum absolute atomic E-state index is 11.9. The van der Waals surface area contributed by atoms with Crippen LogP contribution in [-0.2, 0) is 9.47 Å². The van der Waals surface area contributed by atoms with Gasteiger partial charge in [-0.25, -0.2) is 14.2 Å². The van der Waals surface area contributed by atoms with E-state index in [4.69, 9.17) is 9.47 Å². The molecule has 1 unspecified atom stereocenters. The van der Waals surface area contributed by atoms with E-state index in [1.54, 1.807) is 36.6 Å². The first-order valence-electron chi connectivity index (χ1n) is 7.12. The number of ether oxygens (including phenoxy) is 2. The number of nitrogens with zero attached hydrogens (tertiary/aromatic N) is 1. The molecular formula is C16H14N2O5S. The average molecular weight is 346 g/mol. The van der Waals surface area contributed by atoms with Gasteiger partial charge in [0, 0.05) is 17.2 Å². The first-order chi connectivity index (χ1) is 11.5. The smallest absolute Gasteiger partial charge is 0.338 e. The molecule has 2 aromatic rings. The molecule has 0 saturated heterocycles. The van der Waals surface area contributed by atoms with Gasteiger partial charge in [-0.15, -0.1) is 0 Å². The molecule has 0 amide bonds. The highest BCUT2D eigenvalue weighted by Gasteiger charge is 2.23. The molecule has 124 valence electrons. The van der Waals surface area contributed by atoms with Gasteiger partial charge in [0.1, 0.15) is 6.61 Å². The Labute approximate surface area is 140 Å². The minimum atomic E-state index is -0.584. The second-order valence-corrected chi connectivity index (χ2v) is 6.08. The number of hydrogen-bond donors (Lipinski definition) is 1. The summed E-state index contributed by atoms with van der Waals surface area (Å²) in [6, 6.07) is 8.64. The summed E-state index contributed by atoms with van der Waals surface area (Å²) in [5.74, 6) is -0.157. The molecule has 2 heterocycles. The van der Waals surface area contributed by atoms with E-state index in [-0.39, 0.29) is 12.5 Å². The predicted molar refractivity (Wildman–Crippen MR) is 89.5 cm³/mol. The number of aromatic nitrogens is 2. The van der Waals surface area contributed by atoms with Crippen LogP contribution >= 0.6 is 11.8 Å². The van der Waals surface area contributed by atoms with E-state index in [0.717, 1.165) is 0 Å². The molecule has 0 radical (unpaired) electrons. The topological polar surface area (TPSA) is 90.4 Å². The molecule has 0 aliphatic carbocycles. The normalized spacial score (nSPS) is 16.4. The lowest BCUT2D eigenvalue weighted by Crippen LogP contribution is -2.31. The van der Waals surface area contributed by atoms with Crippen LogP contribution in [0.3, 0.4) is 0 Å². The molecule has 24 heavy (non-hydrogen) atoms. The summed E-state index contributed by atoms with van der Waals surface area (Å²) in [4.78, 5) is 37.3. The number of thioether (sulfide) groups is 1. The van der Waals surface area contributed by atoms with Crippen molar-refractivity contribution in [3.8, 4) is 0 Å². The molecule has 1 aromatic carbocycles. The van der Waals surface area contributed by atoms with Crippen LogP contribution < -0.4 is 11.2 Å². The molecule has 7 nitrogen and oxygen atoms in total. The Balaban J connectivity index is 1.62. The fraction of sp³-hybridized carbons (Fsp3) is 0.188. The fourth-order valence-electron chi connectivity index (χ4n) is 2.04. The molecule has 1 aliphatic rings. The standard InChI is InChI=1S/C16H14N2O5S/c1-10-7-18(16(21)17-14(10)19)12-9-24-13(23-12)8-22-15(20)11-5-3-2-4-6-11/h2-7,9,13H,8H2,1H3,(H,17,19,21). The summed E-state index contributed by atoms with van der Waals surface area (Å²) in [5, 5.41) is 1.64. The average Bonchev–Trinajstić information content (AvgIpc) is 3.05. The zero-order valence-electron chi connectivity index (χ0n) is 12.7. The van der Waals surface area contributed by atoms with Gasteiger partial charge < -0.3 is 9.47 Å². The Bertz CT molecular complexity index is 901. The van der Waals surface area contributed by atoms with Crippen molar-refractivity contribution >= 4 is 23.6 Å². The third-order valence-corrected chi connectivity index (χ3v) is 4.16. The van der Waals surface area contributed by atoms with Gasteiger partial charge in [-0.2, -0.15) is 0 Å². The Morgan fingerprint density at radius 3 is 2.83 bits per heavy atom. The second-order valence-electron chi connectivity index (χ2n) is 5.05. The number of nitrogens with one attached hydrogen (secondary N) is 1. The van der Waals surface area contributed by atoms with Crippen LogP contribution in [0.25, 0.3) is 5.88 Å². The number of hydrogen-bond acceptors (Lipinski definition) is 6. The maximum Gasteiger partial charge on any atom is 0.338 e. The second kappa shape index (κ2) is 6.79. The summed E-state index contributed by atoms with van der Waals surface area (Å²) in [6.45, 7) is 1.63. The number of carbonyl (C=O) groups excluding carboxylic acids is 1. The van der Waals surface area contributed by atoms with Crippen molar-refractivity contribution in [2.24, 2.45) is 0 Å². The van der Waals surface area contributed by atoms with Crippen molar-refractivity contribution in [1.82, 2.24) is 9.55 Å². The largest absolute Gasteiger partial charge is 0.460 e. The van der Waals surface area contributed by atoms with Gasteiger partial charge in [0.05, 0.1) is 5.56 Å². The van der Waals surface area contributed by atoms with Crippen LogP contribution in [0.2, 0.25) is 0 Å². The molecule has 1 aromatic heterocycles. The number of benzene rings is 1. The van der Waals surface area contributed by atoms with E-state index in [9.17, 15) is 14.4 Å². The van der Waals surface area contributed by atoms with Crippen molar-refractivity contribution in [2.45, 2.75) is 12.4 Å². The summed E-state index contributed by atoms with van der Waals surface area (Å²) in [7, 11) is 0. The minimum absolute atomic E-state index is 0.0372. The highest BCUT2D eigenvalue weighted by molar-refractivity contribution is 8.03. The van der Waals surface area contributed by atoms with Gasteiger partial charge in [0.2, 0.25) is 5.88 Å². The van der Waals surface area contributed by atoms with Crippen LogP contribution in [0.5, 0.6) is 0 Å². The third-order valence-electron chi connectivity index (χ3n) is 3.29. The number of aryl methyl sites for hydroxylation is 1. The summed E-state index contributed by atoms with van der Waals surface area (Å²) >= 11 is 1.29. The number of carbonyl (C=O) groups is 1. The van der Waals surface area contributed by atoms with Crippen LogP contribution in [0.1, 0.15) is 15.9 Å². The minimum Gasteiger partial charge on any atom is -0.460 e. The van der Waals surface area contributed by atoms with Crippen molar-refractivity contribution in [1.29, 1.82) is 0 Å². The Hall–Kier alpha value is -2.74. The molecule has 3 rings (SSSR count). The van der Waals surface area contributed by atoms with Gasteiger partial charge in [-0.3, -0.25) is 9.78 Å². The highest BCUT2D eigenvalue weighted by atomic mass is 32.2. The van der Waals surface area contributed by atoms with E-state index >= 15 is 0 Å². The number of H-pyrrole nitrogens is 1. The van der Waals surface area contributed by atoms with E-state index in [2.05, 4.69) is 4.98 Å². The quantitative estimate of drug-likeness (QED) is 0.845. The lowest BCUT2D eigenvalue weighted by Gasteiger charge is -2.13. The van der Waals surface area contributed by atoms with Gasteiger partial charge >= 0.3 is 11.7 Å². The maximum atomic E-state index is 11.9. The van der Waals surface area contributed by atoms with Crippen LogP contribution in [0.15, 0.2) is 51.5 Å². The van der Waals surface area contributed by atoms with Gasteiger partial charge in [-0.05, 0) is 19.1 Å². The lowest BCUT2D eigenvalue weighted by molar-refractivity contribution is 0.0394. The van der Waals surface area contributed by atoms with Crippen LogP contribution in [0, 0.1) is 6.92 Å². The molecule has 8 heteroatoms. The van der Waals surface area contributed by atoms with Crippen LogP contribution in [-0.4, -0.2) is 27.6 Å². The fourth-order valence-corrected chi connectivity index (χ4v) is 2.78. The Morgan fingerprint density at radius 1 is 1.33 bits per heavy atom. The van der Waals surface area contributed by atoms with Crippen LogP contribution in [0.4, 0.5) is 0 Å². The van der Waals surface area contributed by atoms with Gasteiger partial charge in [0.25, 0.3) is 5.56 Å². The monoisotopic (exact) mass is 346 g/mol. The van der Waals surface area contributed by atoms with E-state index in [1.165, 1.54) is 22.5 Å². The van der Waals surface area contributed by atoms with Crippen molar-refractivity contribution in [2.75, 3.05) is 6.61 Å². The third kappa shape index (κ3) is 3.43. The molecule has 0 spiro atoms. The van der Waals surface area contributed by atoms with Gasteiger partial charge in [0.15, 0.2) is 5.44 Å². The molecule has 0 bridgehead atoms. The molecule has 1 N–H and O–H groups in total. The Kier molecular flexibility index (Phi) is 4.57. The molecular weight excluding hydrogens is 332 g/mol. The van der Waals surface area contributed by atoms with Crippen molar-refractivity contribution in [3.05, 3.63) is 73.9 Å². The summed E-state index contributed by atoms with van der Waals surface area (Å²) < 4.78 is 12.0. The number of esters is 1. The van der Waals surface area contributed by atoms with E-state index in [0.29, 0.717) is 11.1 Å². The highest BCUT2D eigenvalue weighted by Crippen LogP contribution is 2.29. The first kappa shape index (κ1) is 16.1. The molecule has 1 atom stereocenters. The number of rotatable bonds is 4. The molecule has 0 saturated carbocycles. The zero-order chi connectivity index (χ0) is 17.1. The SMILES string of the molecule is Cc1cn(C2=CSC(COC(=O)c3ccccc3)O2)c(=O)[nH]c1=O. The molecule has 1 aliphatic heterocycles. The van der Waals surface area contributed by atoms with Crippen molar-refractivity contribution < 1.29 is 14.3 Å². The van der Waals surface area contributed by atoms with E-state index < -0.39 is 22.7 Å². The van der Waals surface area contributed by atoms with Gasteiger partial charge in [-0.1, -0.05) is 30.0 Å². The summed E-state index contributed by atoms with van der Waals surface area (Å²) in [5.41, 5.74) is -0.619. The Morgan fingerprint density at radius 2 is 2.08 bits per heavy atom. The number of aromatic amines is 1. The van der Waals surface area contributed by atoms with Crippen molar-refractivity contribution in [3.63, 3.8) is 0 Å². The predicted octanol–water partition coefficient (Wildman–Crippen LogP) is 1.55. The summed E-state index contributed by atoms with van der Waals surface area (Å²) in [6.07, 6.45) is 1.41. The molecule has 0 fully saturated rings. The first-order valence-corrected chi connectivity index (χ1v) is 8.06. The lowest BCUT2D eigenvalue weighted by atomic mass is 10.2. The zero-order valence-corrected chi connectivity index (χ0v) is 13.5. The van der Waals surface area contributed by atoms with E-state index in [1.807, 2.05) is 6.07 Å².